The first-order valence-electron chi connectivity index (χ1n) is 5.96. The number of halogens is 2. The van der Waals surface area contributed by atoms with Crippen LogP contribution in [0.1, 0.15) is 26.9 Å². The third kappa shape index (κ3) is 2.15. The molecule has 1 heterocycles. The Morgan fingerprint density at radius 3 is 2.55 bits per heavy atom. The van der Waals surface area contributed by atoms with Crippen molar-refractivity contribution in [3.05, 3.63) is 63.6 Å². The van der Waals surface area contributed by atoms with Crippen molar-refractivity contribution >= 4 is 44.9 Å². The van der Waals surface area contributed by atoms with Gasteiger partial charge in [0.25, 0.3) is 0 Å². The molecule has 0 spiro atoms. The lowest BCUT2D eigenvalue weighted by molar-refractivity contribution is -0.115. The molecule has 5 heteroatoms. The first-order valence-corrected chi connectivity index (χ1v) is 7.19. The lowest BCUT2D eigenvalue weighted by atomic mass is 9.99. The summed E-state index contributed by atoms with van der Waals surface area (Å²) in [6.45, 7) is 0. The normalized spacial score (nSPS) is 16.7. The van der Waals surface area contributed by atoms with Crippen LogP contribution >= 0.6 is 27.5 Å². The summed E-state index contributed by atoms with van der Waals surface area (Å²) in [7, 11) is 0. The van der Waals surface area contributed by atoms with Crippen LogP contribution in [0.25, 0.3) is 0 Å². The van der Waals surface area contributed by atoms with Gasteiger partial charge in [0.1, 0.15) is 5.38 Å². The summed E-state index contributed by atoms with van der Waals surface area (Å²) in [6.07, 6.45) is 0. The zero-order valence-corrected chi connectivity index (χ0v) is 12.5. The molecule has 3 rings (SSSR count). The second kappa shape index (κ2) is 5.04. The molecular formula is C15H9BrClNO2. The van der Waals surface area contributed by atoms with Crippen molar-refractivity contribution in [1.29, 1.82) is 0 Å². The topological polar surface area (TPSA) is 46.2 Å². The van der Waals surface area contributed by atoms with E-state index in [9.17, 15) is 9.59 Å². The third-order valence-corrected chi connectivity index (χ3v) is 4.16. The van der Waals surface area contributed by atoms with Gasteiger partial charge in [0, 0.05) is 21.2 Å². The molecule has 1 N–H and O–H groups in total. The molecule has 1 aliphatic rings. The van der Waals surface area contributed by atoms with E-state index in [4.69, 9.17) is 11.6 Å². The van der Waals surface area contributed by atoms with Crippen LogP contribution in [-0.2, 0) is 4.79 Å². The minimum atomic E-state index is -0.734. The van der Waals surface area contributed by atoms with Gasteiger partial charge < -0.3 is 5.32 Å². The molecule has 0 fully saturated rings. The highest BCUT2D eigenvalue weighted by Gasteiger charge is 2.31. The summed E-state index contributed by atoms with van der Waals surface area (Å²) < 4.78 is 0.904. The molecule has 0 aliphatic carbocycles. The molecule has 100 valence electrons. The molecule has 2 aromatic rings. The van der Waals surface area contributed by atoms with E-state index in [1.165, 1.54) is 0 Å². The molecule has 0 saturated heterocycles. The van der Waals surface area contributed by atoms with Crippen molar-refractivity contribution in [2.45, 2.75) is 5.38 Å². The fourth-order valence-electron chi connectivity index (χ4n) is 2.19. The van der Waals surface area contributed by atoms with E-state index in [2.05, 4.69) is 21.2 Å². The Bertz CT molecular complexity index is 712. The quantitative estimate of drug-likeness (QED) is 0.659. The molecule has 1 amide bonds. The molecule has 0 radical (unpaired) electrons. The predicted molar refractivity (Wildman–Crippen MR) is 81.2 cm³/mol. The van der Waals surface area contributed by atoms with Gasteiger partial charge in [-0.3, -0.25) is 9.59 Å². The number of carbonyl (C=O) groups excluding carboxylic acids is 2. The van der Waals surface area contributed by atoms with E-state index in [1.54, 1.807) is 42.5 Å². The minimum Gasteiger partial charge on any atom is -0.324 e. The summed E-state index contributed by atoms with van der Waals surface area (Å²) in [4.78, 5) is 24.1. The average molecular weight is 351 g/mol. The Morgan fingerprint density at radius 1 is 1.15 bits per heavy atom. The van der Waals surface area contributed by atoms with Crippen molar-refractivity contribution in [3.8, 4) is 0 Å². The van der Waals surface area contributed by atoms with E-state index < -0.39 is 5.38 Å². The SMILES string of the molecule is O=C(c1ccc(Br)cc1)c1cccc2c1NC(=O)C2Cl. The third-order valence-electron chi connectivity index (χ3n) is 3.20. The van der Waals surface area contributed by atoms with E-state index in [1.807, 2.05) is 0 Å². The first kappa shape index (κ1) is 13.3. The van der Waals surface area contributed by atoms with E-state index >= 15 is 0 Å². The highest BCUT2D eigenvalue weighted by molar-refractivity contribution is 9.10. The van der Waals surface area contributed by atoms with Crippen LogP contribution in [0.4, 0.5) is 5.69 Å². The summed E-state index contributed by atoms with van der Waals surface area (Å²) in [5, 5.41) is 1.94. The molecule has 20 heavy (non-hydrogen) atoms. The molecule has 0 aromatic heterocycles. The fraction of sp³-hybridized carbons (Fsp3) is 0.0667. The van der Waals surface area contributed by atoms with Crippen LogP contribution in [-0.4, -0.2) is 11.7 Å². The van der Waals surface area contributed by atoms with Crippen molar-refractivity contribution in [1.82, 2.24) is 0 Å². The van der Waals surface area contributed by atoms with Crippen molar-refractivity contribution in [3.63, 3.8) is 0 Å². The maximum absolute atomic E-state index is 12.5. The Kier molecular flexibility index (Phi) is 3.36. The Morgan fingerprint density at radius 2 is 1.85 bits per heavy atom. The molecule has 3 nitrogen and oxygen atoms in total. The number of rotatable bonds is 2. The van der Waals surface area contributed by atoms with Gasteiger partial charge in [0.2, 0.25) is 5.91 Å². The molecule has 1 unspecified atom stereocenters. The number of benzene rings is 2. The van der Waals surface area contributed by atoms with Crippen LogP contribution in [0.2, 0.25) is 0 Å². The Hall–Kier alpha value is -1.65. The van der Waals surface area contributed by atoms with E-state index in [0.29, 0.717) is 22.4 Å². The summed E-state index contributed by atoms with van der Waals surface area (Å²) in [5.41, 5.74) is 2.19. The number of carbonyl (C=O) groups is 2. The molecule has 1 atom stereocenters. The van der Waals surface area contributed by atoms with E-state index in [0.717, 1.165) is 4.47 Å². The van der Waals surface area contributed by atoms with Crippen molar-refractivity contribution < 1.29 is 9.59 Å². The van der Waals surface area contributed by atoms with Crippen LogP contribution in [0.3, 0.4) is 0 Å². The van der Waals surface area contributed by atoms with Gasteiger partial charge in [0.15, 0.2) is 5.78 Å². The van der Waals surface area contributed by atoms with Crippen molar-refractivity contribution in [2.24, 2.45) is 0 Å². The monoisotopic (exact) mass is 349 g/mol. The molecule has 0 saturated carbocycles. The Labute approximate surface area is 129 Å². The van der Waals surface area contributed by atoms with Crippen LogP contribution in [0.15, 0.2) is 46.9 Å². The number of nitrogens with one attached hydrogen (secondary N) is 1. The summed E-state index contributed by atoms with van der Waals surface area (Å²) in [5.74, 6) is -0.432. The van der Waals surface area contributed by atoms with Gasteiger partial charge in [-0.25, -0.2) is 0 Å². The number of hydrogen-bond donors (Lipinski definition) is 1. The number of ketones is 1. The minimum absolute atomic E-state index is 0.139. The zero-order valence-electron chi connectivity index (χ0n) is 10.2. The lowest BCUT2D eigenvalue weighted by Gasteiger charge is -2.07. The second-order valence-electron chi connectivity index (χ2n) is 4.46. The number of amides is 1. The van der Waals surface area contributed by atoms with Gasteiger partial charge in [-0.15, -0.1) is 11.6 Å². The van der Waals surface area contributed by atoms with Gasteiger partial charge in [-0.1, -0.05) is 28.1 Å². The van der Waals surface area contributed by atoms with Crippen molar-refractivity contribution in [2.75, 3.05) is 5.32 Å². The zero-order chi connectivity index (χ0) is 14.3. The summed E-state index contributed by atoms with van der Waals surface area (Å²) >= 11 is 9.34. The van der Waals surface area contributed by atoms with Gasteiger partial charge in [-0.05, 0) is 30.3 Å². The highest BCUT2D eigenvalue weighted by Crippen LogP contribution is 2.38. The average Bonchev–Trinajstić information content (AvgIpc) is 2.74. The van der Waals surface area contributed by atoms with Crippen LogP contribution < -0.4 is 5.32 Å². The maximum atomic E-state index is 12.5. The summed E-state index contributed by atoms with van der Waals surface area (Å²) in [6, 6.07) is 12.3. The van der Waals surface area contributed by atoms with Crippen LogP contribution in [0.5, 0.6) is 0 Å². The largest absolute Gasteiger partial charge is 0.324 e. The molecule has 2 aromatic carbocycles. The number of alkyl halides is 1. The van der Waals surface area contributed by atoms with Crippen LogP contribution in [0, 0.1) is 0 Å². The maximum Gasteiger partial charge on any atom is 0.247 e. The van der Waals surface area contributed by atoms with Gasteiger partial charge >= 0.3 is 0 Å². The number of hydrogen-bond acceptors (Lipinski definition) is 2. The highest BCUT2D eigenvalue weighted by atomic mass is 79.9. The molecule has 1 aliphatic heterocycles. The van der Waals surface area contributed by atoms with Gasteiger partial charge in [0.05, 0.1) is 5.69 Å². The predicted octanol–water partition coefficient (Wildman–Crippen LogP) is 3.91. The first-order chi connectivity index (χ1) is 9.58. The lowest BCUT2D eigenvalue weighted by Crippen LogP contribution is -2.09. The van der Waals surface area contributed by atoms with E-state index in [-0.39, 0.29) is 11.7 Å². The smallest absolute Gasteiger partial charge is 0.247 e. The number of para-hydroxylation sites is 1. The fourth-order valence-corrected chi connectivity index (χ4v) is 2.70. The standard InChI is InChI=1S/C15H9BrClNO2/c16-9-6-4-8(5-7-9)14(19)11-3-1-2-10-12(17)15(20)18-13(10)11/h1-7,12H,(H,18,20). The van der Waals surface area contributed by atoms with Gasteiger partial charge in [-0.2, -0.15) is 0 Å². The molecular weight excluding hydrogens is 342 g/mol. The number of fused-ring (bicyclic) bond motifs is 1. The Balaban J connectivity index is 2.06. The second-order valence-corrected chi connectivity index (χ2v) is 5.81. The number of anilines is 1. The molecule has 0 bridgehead atoms.